The van der Waals surface area contributed by atoms with E-state index in [0.717, 1.165) is 12.1 Å². The highest BCUT2D eigenvalue weighted by Gasteiger charge is 2.30. The second kappa shape index (κ2) is 7.72. The average Bonchev–Trinajstić information content (AvgIpc) is 2.58. The Kier molecular flexibility index (Phi) is 5.68. The van der Waals surface area contributed by atoms with Crippen molar-refractivity contribution in [3.8, 4) is 11.5 Å². The van der Waals surface area contributed by atoms with E-state index in [0.29, 0.717) is 11.5 Å². The number of rotatable bonds is 6. The van der Waals surface area contributed by atoms with Gasteiger partial charge in [0.15, 0.2) is 6.61 Å². The summed E-state index contributed by atoms with van der Waals surface area (Å²) in [6.07, 6.45) is -4.43. The van der Waals surface area contributed by atoms with Crippen LogP contribution in [-0.2, 0) is 22.3 Å². The quantitative estimate of drug-likeness (QED) is 0.750. The highest BCUT2D eigenvalue weighted by Crippen LogP contribution is 2.29. The second-order valence-corrected chi connectivity index (χ2v) is 4.82. The van der Waals surface area contributed by atoms with Gasteiger partial charge >= 0.3 is 12.1 Å². The molecule has 0 saturated heterocycles. The molecule has 0 heterocycles. The van der Waals surface area contributed by atoms with Crippen LogP contribution in [0, 0.1) is 0 Å². The van der Waals surface area contributed by atoms with Crippen LogP contribution in [0.1, 0.15) is 11.1 Å². The van der Waals surface area contributed by atoms with Gasteiger partial charge in [-0.25, -0.2) is 4.79 Å². The van der Waals surface area contributed by atoms with Gasteiger partial charge in [-0.05, 0) is 42.0 Å². The predicted octanol–water partition coefficient (Wildman–Crippen LogP) is 3.84. The lowest BCUT2D eigenvalue weighted by Crippen LogP contribution is -2.15. The normalized spacial score (nSPS) is 11.0. The van der Waals surface area contributed by atoms with E-state index >= 15 is 0 Å². The van der Waals surface area contributed by atoms with Crippen LogP contribution in [-0.4, -0.2) is 19.7 Å². The van der Waals surface area contributed by atoms with Crippen LogP contribution < -0.4 is 9.47 Å². The van der Waals surface area contributed by atoms with Crippen molar-refractivity contribution in [2.75, 3.05) is 13.7 Å². The van der Waals surface area contributed by atoms with Crippen LogP contribution >= 0.6 is 0 Å². The molecule has 0 unspecified atom stereocenters. The lowest BCUT2D eigenvalue weighted by Gasteiger charge is -2.10. The molecule has 0 amide bonds. The third-order valence-electron chi connectivity index (χ3n) is 3.07. The Morgan fingerprint density at radius 3 is 2.33 bits per heavy atom. The molecule has 24 heavy (non-hydrogen) atoms. The van der Waals surface area contributed by atoms with E-state index in [-0.39, 0.29) is 18.8 Å². The molecule has 0 fully saturated rings. The Balaban J connectivity index is 1.82. The maximum absolute atomic E-state index is 12.6. The molecule has 7 heteroatoms. The molecule has 0 aromatic heterocycles. The molecule has 0 aliphatic rings. The number of hydrogen-bond donors (Lipinski definition) is 0. The van der Waals surface area contributed by atoms with Crippen molar-refractivity contribution in [1.29, 1.82) is 0 Å². The Hall–Kier alpha value is -2.70. The molecule has 0 aliphatic carbocycles. The zero-order chi connectivity index (χ0) is 17.6. The number of alkyl halides is 3. The van der Waals surface area contributed by atoms with Crippen molar-refractivity contribution >= 4 is 5.97 Å². The molecule has 2 aromatic rings. The van der Waals surface area contributed by atoms with Gasteiger partial charge in [-0.3, -0.25) is 0 Å². The van der Waals surface area contributed by atoms with Crippen molar-refractivity contribution in [3.05, 3.63) is 59.7 Å². The van der Waals surface area contributed by atoms with E-state index in [4.69, 9.17) is 14.2 Å². The van der Waals surface area contributed by atoms with Gasteiger partial charge in [0, 0.05) is 0 Å². The fraction of sp³-hybridized carbons (Fsp3) is 0.235. The first-order valence-electron chi connectivity index (χ1n) is 6.97. The number of esters is 1. The highest BCUT2D eigenvalue weighted by molar-refractivity contribution is 5.71. The molecule has 0 bridgehead atoms. The van der Waals surface area contributed by atoms with E-state index < -0.39 is 17.7 Å². The van der Waals surface area contributed by atoms with Gasteiger partial charge in [0.1, 0.15) is 18.1 Å². The summed E-state index contributed by atoms with van der Waals surface area (Å²) in [4.78, 5) is 11.6. The molecule has 4 nitrogen and oxygen atoms in total. The Morgan fingerprint density at radius 1 is 1.04 bits per heavy atom. The fourth-order valence-corrected chi connectivity index (χ4v) is 1.86. The van der Waals surface area contributed by atoms with Gasteiger partial charge in [0.25, 0.3) is 0 Å². The van der Waals surface area contributed by atoms with E-state index in [2.05, 4.69) is 0 Å². The molecule has 0 spiro atoms. The van der Waals surface area contributed by atoms with Gasteiger partial charge in [0.2, 0.25) is 0 Å². The second-order valence-electron chi connectivity index (χ2n) is 4.82. The SMILES string of the molecule is COc1ccc(OCC(=O)OCc2cccc(C(F)(F)F)c2)cc1. The van der Waals surface area contributed by atoms with E-state index in [1.807, 2.05) is 0 Å². The van der Waals surface area contributed by atoms with Crippen LogP contribution in [0.15, 0.2) is 48.5 Å². The monoisotopic (exact) mass is 340 g/mol. The molecule has 0 atom stereocenters. The summed E-state index contributed by atoms with van der Waals surface area (Å²) in [7, 11) is 1.53. The molecular weight excluding hydrogens is 325 g/mol. The zero-order valence-electron chi connectivity index (χ0n) is 12.8. The van der Waals surface area contributed by atoms with Gasteiger partial charge in [-0.15, -0.1) is 0 Å². The van der Waals surface area contributed by atoms with Crippen LogP contribution in [0.5, 0.6) is 11.5 Å². The number of ether oxygens (including phenoxy) is 3. The first-order valence-corrected chi connectivity index (χ1v) is 6.97. The van der Waals surface area contributed by atoms with E-state index in [9.17, 15) is 18.0 Å². The first-order chi connectivity index (χ1) is 11.4. The number of carbonyl (C=O) groups is 1. The zero-order valence-corrected chi connectivity index (χ0v) is 12.8. The maximum atomic E-state index is 12.6. The maximum Gasteiger partial charge on any atom is 0.416 e. The summed E-state index contributed by atoms with van der Waals surface area (Å²) in [6.45, 7) is -0.597. The topological polar surface area (TPSA) is 44.8 Å². The van der Waals surface area contributed by atoms with Gasteiger partial charge in [-0.2, -0.15) is 13.2 Å². The summed E-state index contributed by atoms with van der Waals surface area (Å²) < 4.78 is 52.9. The Bertz CT molecular complexity index is 681. The first kappa shape index (κ1) is 17.7. The minimum absolute atomic E-state index is 0.252. The summed E-state index contributed by atoms with van der Waals surface area (Å²) >= 11 is 0. The van der Waals surface area contributed by atoms with Gasteiger partial charge < -0.3 is 14.2 Å². The highest BCUT2D eigenvalue weighted by atomic mass is 19.4. The number of carbonyl (C=O) groups excluding carboxylic acids is 1. The van der Waals surface area contributed by atoms with Gasteiger partial charge in [0.05, 0.1) is 12.7 Å². The minimum atomic E-state index is -4.43. The molecule has 0 N–H and O–H groups in total. The van der Waals surface area contributed by atoms with Crippen molar-refractivity contribution in [2.45, 2.75) is 12.8 Å². The third-order valence-corrected chi connectivity index (χ3v) is 3.07. The Labute approximate surface area is 136 Å². The molecule has 128 valence electrons. The molecule has 0 aliphatic heterocycles. The fourth-order valence-electron chi connectivity index (χ4n) is 1.86. The largest absolute Gasteiger partial charge is 0.497 e. The predicted molar refractivity (Wildman–Crippen MR) is 79.7 cm³/mol. The minimum Gasteiger partial charge on any atom is -0.497 e. The summed E-state index contributed by atoms with van der Waals surface area (Å²) in [6, 6.07) is 11.2. The number of hydrogen-bond acceptors (Lipinski definition) is 4. The van der Waals surface area contributed by atoms with Crippen LogP contribution in [0.2, 0.25) is 0 Å². The molecule has 2 rings (SSSR count). The van der Waals surface area contributed by atoms with Crippen LogP contribution in [0.25, 0.3) is 0 Å². The lowest BCUT2D eigenvalue weighted by atomic mass is 10.1. The molecule has 0 radical (unpaired) electrons. The van der Waals surface area contributed by atoms with Crippen molar-refractivity contribution in [3.63, 3.8) is 0 Å². The Morgan fingerprint density at radius 2 is 1.71 bits per heavy atom. The standard InChI is InChI=1S/C17H15F3O4/c1-22-14-5-7-15(8-6-14)23-11-16(21)24-10-12-3-2-4-13(9-12)17(18,19)20/h2-9H,10-11H2,1H3. The molecule has 2 aromatic carbocycles. The number of benzene rings is 2. The molecular formula is C17H15F3O4. The third kappa shape index (κ3) is 5.19. The van der Waals surface area contributed by atoms with Crippen LogP contribution in [0.4, 0.5) is 13.2 Å². The molecule has 0 saturated carbocycles. The van der Waals surface area contributed by atoms with Crippen LogP contribution in [0.3, 0.4) is 0 Å². The van der Waals surface area contributed by atoms with E-state index in [1.54, 1.807) is 24.3 Å². The van der Waals surface area contributed by atoms with Gasteiger partial charge in [-0.1, -0.05) is 12.1 Å². The number of halogens is 3. The van der Waals surface area contributed by atoms with Crippen molar-refractivity contribution in [2.24, 2.45) is 0 Å². The smallest absolute Gasteiger partial charge is 0.416 e. The van der Waals surface area contributed by atoms with Crippen molar-refractivity contribution in [1.82, 2.24) is 0 Å². The number of methoxy groups -OCH3 is 1. The summed E-state index contributed by atoms with van der Waals surface area (Å²) in [5.74, 6) is 0.421. The summed E-state index contributed by atoms with van der Waals surface area (Å²) in [5.41, 5.74) is -0.534. The average molecular weight is 340 g/mol. The van der Waals surface area contributed by atoms with E-state index in [1.165, 1.54) is 19.2 Å². The van der Waals surface area contributed by atoms with Crippen molar-refractivity contribution < 1.29 is 32.2 Å². The lowest BCUT2D eigenvalue weighted by molar-refractivity contribution is -0.147. The summed E-state index contributed by atoms with van der Waals surface area (Å²) in [5, 5.41) is 0.